The van der Waals surface area contributed by atoms with E-state index < -0.39 is 0 Å². The minimum atomic E-state index is 0.0450. The highest BCUT2D eigenvalue weighted by molar-refractivity contribution is 5.93. The molecular formula is C9H11N2O2. The molecule has 1 radical (unpaired) electrons. The van der Waals surface area contributed by atoms with Gasteiger partial charge >= 0.3 is 0 Å². The summed E-state index contributed by atoms with van der Waals surface area (Å²) in [5, 5.41) is 4.17. The van der Waals surface area contributed by atoms with Crippen LogP contribution in [-0.2, 0) is 0 Å². The van der Waals surface area contributed by atoms with Gasteiger partial charge in [-0.2, -0.15) is 0 Å². The predicted molar refractivity (Wildman–Crippen MR) is 46.5 cm³/mol. The molecule has 0 bridgehead atoms. The van der Waals surface area contributed by atoms with Crippen LogP contribution in [0.5, 0.6) is 0 Å². The van der Waals surface area contributed by atoms with E-state index >= 15 is 0 Å². The summed E-state index contributed by atoms with van der Waals surface area (Å²) in [6, 6.07) is 1.69. The molecule has 1 aromatic rings. The van der Waals surface area contributed by atoms with Crippen LogP contribution in [0.2, 0.25) is 0 Å². The highest BCUT2D eigenvalue weighted by Crippen LogP contribution is 2.06. The van der Waals surface area contributed by atoms with Crippen molar-refractivity contribution >= 4 is 5.91 Å². The van der Waals surface area contributed by atoms with Crippen LogP contribution < -0.4 is 5.32 Å². The van der Waals surface area contributed by atoms with Crippen molar-refractivity contribution in [1.29, 1.82) is 0 Å². The van der Waals surface area contributed by atoms with Crippen LogP contribution in [-0.4, -0.2) is 37.0 Å². The fraction of sp³-hybridized carbons (Fsp3) is 0.444. The molecule has 1 fully saturated rings. The maximum absolute atomic E-state index is 11.7. The summed E-state index contributed by atoms with van der Waals surface area (Å²) in [6.45, 7) is 2.96. The third-order valence-corrected chi connectivity index (χ3v) is 2.11. The van der Waals surface area contributed by atoms with Gasteiger partial charge in [0.05, 0.1) is 11.8 Å². The van der Waals surface area contributed by atoms with Gasteiger partial charge in [-0.1, -0.05) is 0 Å². The number of hydrogen-bond donors (Lipinski definition) is 0. The zero-order valence-corrected chi connectivity index (χ0v) is 7.27. The molecule has 69 valence electrons. The number of furan rings is 1. The normalized spacial score (nSPS) is 17.4. The lowest BCUT2D eigenvalue weighted by Gasteiger charge is -2.25. The maximum Gasteiger partial charge on any atom is 0.257 e. The van der Waals surface area contributed by atoms with Crippen molar-refractivity contribution in [3.8, 4) is 0 Å². The molecule has 2 rings (SSSR count). The molecule has 1 saturated heterocycles. The van der Waals surface area contributed by atoms with Gasteiger partial charge in [-0.3, -0.25) is 4.79 Å². The van der Waals surface area contributed by atoms with Crippen LogP contribution in [0.4, 0.5) is 0 Å². The first-order valence-corrected chi connectivity index (χ1v) is 4.32. The standard InChI is InChI=1S/C9H11N2O2/c12-9(8-1-6-13-7-8)11-4-2-10-3-5-11/h1,6-7H,2-5H2. The molecule has 0 aliphatic carbocycles. The smallest absolute Gasteiger partial charge is 0.257 e. The van der Waals surface area contributed by atoms with Crippen LogP contribution in [0.25, 0.3) is 0 Å². The summed E-state index contributed by atoms with van der Waals surface area (Å²) in [5.74, 6) is 0.0450. The van der Waals surface area contributed by atoms with E-state index in [9.17, 15) is 4.79 Å². The molecule has 0 N–H and O–H groups in total. The molecule has 2 heterocycles. The highest BCUT2D eigenvalue weighted by Gasteiger charge is 2.18. The van der Waals surface area contributed by atoms with Gasteiger partial charge in [-0.25, -0.2) is 5.32 Å². The Morgan fingerprint density at radius 2 is 2.23 bits per heavy atom. The van der Waals surface area contributed by atoms with Crippen molar-refractivity contribution in [3.63, 3.8) is 0 Å². The van der Waals surface area contributed by atoms with E-state index in [0.717, 1.165) is 26.2 Å². The second-order valence-electron chi connectivity index (χ2n) is 2.98. The van der Waals surface area contributed by atoms with E-state index in [1.165, 1.54) is 12.5 Å². The minimum Gasteiger partial charge on any atom is -0.472 e. The van der Waals surface area contributed by atoms with Crippen LogP contribution in [0.15, 0.2) is 23.0 Å². The van der Waals surface area contributed by atoms with E-state index in [1.54, 1.807) is 11.0 Å². The number of rotatable bonds is 1. The maximum atomic E-state index is 11.7. The van der Waals surface area contributed by atoms with E-state index in [4.69, 9.17) is 4.42 Å². The van der Waals surface area contributed by atoms with E-state index in [1.807, 2.05) is 0 Å². The van der Waals surface area contributed by atoms with Crippen LogP contribution in [0.3, 0.4) is 0 Å². The third kappa shape index (κ3) is 1.72. The van der Waals surface area contributed by atoms with Gasteiger partial charge in [0.15, 0.2) is 0 Å². The molecule has 4 nitrogen and oxygen atoms in total. The molecule has 13 heavy (non-hydrogen) atoms. The van der Waals surface area contributed by atoms with Crippen LogP contribution >= 0.6 is 0 Å². The van der Waals surface area contributed by atoms with Crippen LogP contribution in [0, 0.1) is 0 Å². The average Bonchev–Trinajstić information content (AvgIpc) is 2.71. The Balaban J connectivity index is 2.04. The highest BCUT2D eigenvalue weighted by atomic mass is 16.3. The van der Waals surface area contributed by atoms with Gasteiger partial charge in [-0.05, 0) is 6.07 Å². The van der Waals surface area contributed by atoms with Gasteiger partial charge in [0.1, 0.15) is 6.26 Å². The third-order valence-electron chi connectivity index (χ3n) is 2.11. The molecule has 1 aliphatic heterocycles. The number of amides is 1. The number of nitrogens with zero attached hydrogens (tertiary/aromatic N) is 2. The molecule has 1 amide bonds. The molecule has 0 spiro atoms. The molecule has 1 aliphatic rings. The quantitative estimate of drug-likeness (QED) is 0.624. The summed E-state index contributed by atoms with van der Waals surface area (Å²) in [7, 11) is 0. The average molecular weight is 179 g/mol. The fourth-order valence-electron chi connectivity index (χ4n) is 1.38. The monoisotopic (exact) mass is 179 g/mol. The fourth-order valence-corrected chi connectivity index (χ4v) is 1.38. The predicted octanol–water partition coefficient (Wildman–Crippen LogP) is 0.340. The molecule has 0 aromatic carbocycles. The number of carbonyl (C=O) groups excluding carboxylic acids is 1. The van der Waals surface area contributed by atoms with Gasteiger partial charge in [0, 0.05) is 26.2 Å². The molecule has 4 heteroatoms. The van der Waals surface area contributed by atoms with E-state index in [0.29, 0.717) is 5.56 Å². The van der Waals surface area contributed by atoms with Crippen molar-refractivity contribution in [3.05, 3.63) is 24.2 Å². The second-order valence-corrected chi connectivity index (χ2v) is 2.98. The SMILES string of the molecule is O=C(c1ccoc1)N1CC[N]CC1. The molecule has 1 aromatic heterocycles. The van der Waals surface area contributed by atoms with Crippen LogP contribution in [0.1, 0.15) is 10.4 Å². The summed E-state index contributed by atoms with van der Waals surface area (Å²) < 4.78 is 4.86. The van der Waals surface area contributed by atoms with E-state index in [2.05, 4.69) is 5.32 Å². The zero-order chi connectivity index (χ0) is 9.10. The van der Waals surface area contributed by atoms with E-state index in [-0.39, 0.29) is 5.91 Å². The first-order chi connectivity index (χ1) is 6.38. The Bertz CT molecular complexity index is 276. The van der Waals surface area contributed by atoms with Crippen molar-refractivity contribution in [2.45, 2.75) is 0 Å². The first-order valence-electron chi connectivity index (χ1n) is 4.32. The Morgan fingerprint density at radius 1 is 1.46 bits per heavy atom. The Hall–Kier alpha value is -1.29. The number of hydrogen-bond acceptors (Lipinski definition) is 2. The lowest BCUT2D eigenvalue weighted by atomic mass is 10.2. The van der Waals surface area contributed by atoms with Crippen molar-refractivity contribution < 1.29 is 9.21 Å². The molecule has 0 saturated carbocycles. The van der Waals surface area contributed by atoms with Gasteiger partial charge in [-0.15, -0.1) is 0 Å². The zero-order valence-electron chi connectivity index (χ0n) is 7.27. The molecule has 0 atom stereocenters. The van der Waals surface area contributed by atoms with Gasteiger partial charge in [0.25, 0.3) is 5.91 Å². The molecular weight excluding hydrogens is 168 g/mol. The second kappa shape index (κ2) is 3.62. The summed E-state index contributed by atoms with van der Waals surface area (Å²) >= 11 is 0. The topological polar surface area (TPSA) is 47.6 Å². The Kier molecular flexibility index (Phi) is 2.31. The van der Waals surface area contributed by atoms with Gasteiger partial charge < -0.3 is 9.32 Å². The summed E-state index contributed by atoms with van der Waals surface area (Å²) in [6.07, 6.45) is 3.00. The van der Waals surface area contributed by atoms with Gasteiger partial charge in [0.2, 0.25) is 0 Å². The number of piperazine rings is 1. The first kappa shape index (κ1) is 8.31. The largest absolute Gasteiger partial charge is 0.472 e. The summed E-state index contributed by atoms with van der Waals surface area (Å²) in [5.41, 5.74) is 0.627. The molecule has 0 unspecified atom stereocenters. The van der Waals surface area contributed by atoms with Crippen molar-refractivity contribution in [1.82, 2.24) is 10.2 Å². The lowest BCUT2D eigenvalue weighted by Crippen LogP contribution is -2.43. The lowest BCUT2D eigenvalue weighted by molar-refractivity contribution is 0.0733. The Morgan fingerprint density at radius 3 is 2.85 bits per heavy atom. The van der Waals surface area contributed by atoms with Crippen molar-refractivity contribution in [2.75, 3.05) is 26.2 Å². The minimum absolute atomic E-state index is 0.0450. The summed E-state index contributed by atoms with van der Waals surface area (Å²) in [4.78, 5) is 13.5. The number of carbonyl (C=O) groups is 1. The van der Waals surface area contributed by atoms with Crippen molar-refractivity contribution in [2.24, 2.45) is 0 Å². The Labute approximate surface area is 76.5 Å².